The molecule has 2 aromatic rings. The van der Waals surface area contributed by atoms with Gasteiger partial charge in [0, 0.05) is 0 Å². The molecule has 0 unspecified atom stereocenters. The van der Waals surface area contributed by atoms with E-state index in [1.807, 2.05) is 13.8 Å². The average Bonchev–Trinajstić information content (AvgIpc) is 3.08. The summed E-state index contributed by atoms with van der Waals surface area (Å²) in [5.74, 6) is -0.0888. The number of ether oxygens (including phenoxy) is 3. The molecular formula is C13H16N4O4. The van der Waals surface area contributed by atoms with Crippen LogP contribution in [-0.2, 0) is 14.2 Å². The molecule has 2 aromatic heterocycles. The zero-order valence-corrected chi connectivity index (χ0v) is 11.7. The van der Waals surface area contributed by atoms with E-state index < -0.39 is 18.0 Å². The van der Waals surface area contributed by atoms with Gasteiger partial charge in [0.15, 0.2) is 11.4 Å². The molecule has 0 aliphatic carbocycles. The first-order valence-electron chi connectivity index (χ1n) is 6.85. The van der Waals surface area contributed by atoms with Crippen LogP contribution in [0.3, 0.4) is 0 Å². The van der Waals surface area contributed by atoms with Crippen molar-refractivity contribution in [1.82, 2.24) is 19.9 Å². The van der Waals surface area contributed by atoms with Crippen LogP contribution in [-0.4, -0.2) is 55.7 Å². The molecule has 4 atom stereocenters. The maximum Gasteiger partial charge on any atom is 0.180 e. The highest BCUT2D eigenvalue weighted by atomic mass is 16.8. The molecule has 4 heterocycles. The molecule has 0 radical (unpaired) electrons. The van der Waals surface area contributed by atoms with Crippen LogP contribution in [0.2, 0.25) is 0 Å². The minimum atomic E-state index is -0.698. The van der Waals surface area contributed by atoms with Crippen molar-refractivity contribution in [2.45, 2.75) is 44.1 Å². The van der Waals surface area contributed by atoms with Crippen LogP contribution in [0.25, 0.3) is 11.2 Å². The van der Waals surface area contributed by atoms with E-state index in [4.69, 9.17) is 14.2 Å². The van der Waals surface area contributed by atoms with E-state index in [-0.39, 0.29) is 18.8 Å². The molecule has 2 fully saturated rings. The SMILES string of the molecule is CC1(C)O[C@@H]2[C@H](O1)[C@@H](CO)O[C@H]2c1nc2ncncc2[nH]1. The van der Waals surface area contributed by atoms with E-state index in [2.05, 4.69) is 19.9 Å². The van der Waals surface area contributed by atoms with Crippen LogP contribution in [0.15, 0.2) is 12.5 Å². The Kier molecular flexibility index (Phi) is 2.77. The van der Waals surface area contributed by atoms with Gasteiger partial charge in [0.1, 0.15) is 42.1 Å². The molecule has 0 amide bonds. The standard InChI is InChI=1S/C13H16N4O4/c1-13(2)20-8-7(4-18)19-10(9(8)21-13)12-16-6-3-14-5-15-11(6)17-12/h3,5,7-10,18H,4H2,1-2H3,(H,14,15,16,17)/t7-,8-,9-,10-/m1/s1. The first-order valence-corrected chi connectivity index (χ1v) is 6.85. The number of aromatic amines is 1. The van der Waals surface area contributed by atoms with Crippen molar-refractivity contribution in [3.63, 3.8) is 0 Å². The highest BCUT2D eigenvalue weighted by Crippen LogP contribution is 2.44. The van der Waals surface area contributed by atoms with E-state index in [1.54, 1.807) is 6.20 Å². The molecule has 112 valence electrons. The van der Waals surface area contributed by atoms with Crippen molar-refractivity contribution in [1.29, 1.82) is 0 Å². The van der Waals surface area contributed by atoms with E-state index in [0.717, 1.165) is 5.52 Å². The third kappa shape index (κ3) is 2.03. The summed E-state index contributed by atoms with van der Waals surface area (Å²) in [7, 11) is 0. The summed E-state index contributed by atoms with van der Waals surface area (Å²) >= 11 is 0. The smallest absolute Gasteiger partial charge is 0.180 e. The summed E-state index contributed by atoms with van der Waals surface area (Å²) in [6.45, 7) is 3.57. The zero-order valence-electron chi connectivity index (χ0n) is 11.7. The number of aliphatic hydroxyl groups excluding tert-OH is 1. The number of nitrogens with zero attached hydrogens (tertiary/aromatic N) is 3. The maximum atomic E-state index is 9.47. The topological polar surface area (TPSA) is 102 Å². The third-order valence-electron chi connectivity index (χ3n) is 3.78. The molecule has 4 rings (SSSR count). The molecule has 0 aromatic carbocycles. The van der Waals surface area contributed by atoms with Gasteiger partial charge in [0.05, 0.1) is 12.8 Å². The van der Waals surface area contributed by atoms with Crippen LogP contribution in [0, 0.1) is 0 Å². The molecule has 0 spiro atoms. The van der Waals surface area contributed by atoms with Gasteiger partial charge in [0.25, 0.3) is 0 Å². The molecule has 2 aliphatic rings. The fraction of sp³-hybridized carbons (Fsp3) is 0.615. The number of hydrogen-bond donors (Lipinski definition) is 2. The summed E-state index contributed by atoms with van der Waals surface area (Å²) in [5, 5.41) is 9.47. The normalized spacial score (nSPS) is 34.4. The number of aliphatic hydroxyl groups is 1. The average molecular weight is 292 g/mol. The zero-order chi connectivity index (χ0) is 14.6. The van der Waals surface area contributed by atoms with Crippen molar-refractivity contribution in [3.05, 3.63) is 18.3 Å². The summed E-state index contributed by atoms with van der Waals surface area (Å²) < 4.78 is 17.6. The summed E-state index contributed by atoms with van der Waals surface area (Å²) in [6, 6.07) is 0. The second kappa shape index (κ2) is 4.44. The number of fused-ring (bicyclic) bond motifs is 2. The van der Waals surface area contributed by atoms with Crippen LogP contribution >= 0.6 is 0 Å². The lowest BCUT2D eigenvalue weighted by molar-refractivity contribution is -0.191. The molecule has 0 saturated carbocycles. The van der Waals surface area contributed by atoms with E-state index in [9.17, 15) is 5.11 Å². The quantitative estimate of drug-likeness (QED) is 0.821. The second-order valence-electron chi connectivity index (χ2n) is 5.72. The third-order valence-corrected chi connectivity index (χ3v) is 3.78. The first-order chi connectivity index (χ1) is 10.1. The Balaban J connectivity index is 1.71. The van der Waals surface area contributed by atoms with Crippen LogP contribution in [0.5, 0.6) is 0 Å². The highest BCUT2D eigenvalue weighted by molar-refractivity contribution is 5.68. The van der Waals surface area contributed by atoms with E-state index >= 15 is 0 Å². The molecule has 2 N–H and O–H groups in total. The van der Waals surface area contributed by atoms with Gasteiger partial charge in [0.2, 0.25) is 0 Å². The van der Waals surface area contributed by atoms with Gasteiger partial charge in [-0.2, -0.15) is 0 Å². The van der Waals surface area contributed by atoms with Crippen LogP contribution in [0.1, 0.15) is 25.8 Å². The molecule has 2 aliphatic heterocycles. The number of aromatic nitrogens is 4. The van der Waals surface area contributed by atoms with E-state index in [0.29, 0.717) is 11.5 Å². The van der Waals surface area contributed by atoms with Gasteiger partial charge in [-0.1, -0.05) is 0 Å². The maximum absolute atomic E-state index is 9.47. The first kappa shape index (κ1) is 13.1. The van der Waals surface area contributed by atoms with Crippen LogP contribution < -0.4 is 0 Å². The molecule has 0 bridgehead atoms. The van der Waals surface area contributed by atoms with Crippen molar-refractivity contribution in [2.75, 3.05) is 6.61 Å². The number of imidazole rings is 1. The molecule has 2 saturated heterocycles. The molecular weight excluding hydrogens is 276 g/mol. The fourth-order valence-electron chi connectivity index (χ4n) is 2.96. The number of H-pyrrole nitrogens is 1. The predicted molar refractivity (Wildman–Crippen MR) is 70.2 cm³/mol. The Hall–Kier alpha value is -1.61. The van der Waals surface area contributed by atoms with Gasteiger partial charge in [-0.15, -0.1) is 0 Å². The van der Waals surface area contributed by atoms with Crippen molar-refractivity contribution in [2.24, 2.45) is 0 Å². The van der Waals surface area contributed by atoms with Crippen LogP contribution in [0.4, 0.5) is 0 Å². The Morgan fingerprint density at radius 3 is 2.90 bits per heavy atom. The minimum Gasteiger partial charge on any atom is -0.394 e. The predicted octanol–water partition coefficient (Wildman–Crippen LogP) is 0.305. The van der Waals surface area contributed by atoms with Gasteiger partial charge < -0.3 is 24.3 Å². The Bertz CT molecular complexity index is 640. The summed E-state index contributed by atoms with van der Waals surface area (Å²) in [5.41, 5.74) is 1.31. The number of hydrogen-bond acceptors (Lipinski definition) is 7. The van der Waals surface area contributed by atoms with Gasteiger partial charge in [-0.3, -0.25) is 0 Å². The van der Waals surface area contributed by atoms with E-state index in [1.165, 1.54) is 6.33 Å². The lowest BCUT2D eigenvalue weighted by atomic mass is 10.1. The minimum absolute atomic E-state index is 0.128. The summed E-state index contributed by atoms with van der Waals surface area (Å²) in [6.07, 6.45) is 1.62. The monoisotopic (exact) mass is 292 g/mol. The second-order valence-corrected chi connectivity index (χ2v) is 5.72. The largest absolute Gasteiger partial charge is 0.394 e. The highest BCUT2D eigenvalue weighted by Gasteiger charge is 2.56. The van der Waals surface area contributed by atoms with Crippen molar-refractivity contribution in [3.8, 4) is 0 Å². The number of nitrogens with one attached hydrogen (secondary N) is 1. The molecule has 8 heteroatoms. The lowest BCUT2D eigenvalue weighted by Gasteiger charge is -2.22. The molecule has 8 nitrogen and oxygen atoms in total. The summed E-state index contributed by atoms with van der Waals surface area (Å²) in [4.78, 5) is 15.6. The number of rotatable bonds is 2. The lowest BCUT2D eigenvalue weighted by Crippen LogP contribution is -2.31. The van der Waals surface area contributed by atoms with Gasteiger partial charge in [-0.25, -0.2) is 15.0 Å². The Morgan fingerprint density at radius 2 is 2.14 bits per heavy atom. The fourth-order valence-corrected chi connectivity index (χ4v) is 2.96. The van der Waals surface area contributed by atoms with Crippen molar-refractivity contribution < 1.29 is 19.3 Å². The van der Waals surface area contributed by atoms with Gasteiger partial charge in [-0.05, 0) is 13.8 Å². The Labute approximate surface area is 120 Å². The van der Waals surface area contributed by atoms with Crippen molar-refractivity contribution >= 4 is 11.2 Å². The Morgan fingerprint density at radius 1 is 1.33 bits per heavy atom. The molecule has 21 heavy (non-hydrogen) atoms. The van der Waals surface area contributed by atoms with Gasteiger partial charge >= 0.3 is 0 Å².